The van der Waals surface area contributed by atoms with Gasteiger partial charge in [-0.25, -0.2) is 13.6 Å². The standard InChI is InChI=1S/C17H17ClN4O5S/c18-16-6-5-14(28(19,26)27)11-15(16)17(23)21-9-7-20(8-10-21)12-1-3-13(4-2-12)22(24)25/h1-6,11H,7-10H2,(H2,19,26,27). The second-order valence-electron chi connectivity index (χ2n) is 6.24. The zero-order chi connectivity index (χ0) is 20.5. The van der Waals surface area contributed by atoms with Gasteiger partial charge >= 0.3 is 0 Å². The lowest BCUT2D eigenvalue weighted by Gasteiger charge is -2.36. The summed E-state index contributed by atoms with van der Waals surface area (Å²) in [5.41, 5.74) is 0.922. The van der Waals surface area contributed by atoms with Gasteiger partial charge in [0.15, 0.2) is 0 Å². The van der Waals surface area contributed by atoms with Crippen LogP contribution in [0, 0.1) is 10.1 Å². The van der Waals surface area contributed by atoms with Crippen molar-refractivity contribution in [3.8, 4) is 0 Å². The van der Waals surface area contributed by atoms with Crippen molar-refractivity contribution in [2.45, 2.75) is 4.90 Å². The third-order valence-corrected chi connectivity index (χ3v) is 5.73. The third kappa shape index (κ3) is 4.24. The number of rotatable bonds is 4. The Hall–Kier alpha value is -2.69. The number of nitro benzene ring substituents is 1. The minimum Gasteiger partial charge on any atom is -0.368 e. The van der Waals surface area contributed by atoms with Gasteiger partial charge in [0, 0.05) is 44.0 Å². The fourth-order valence-corrected chi connectivity index (χ4v) is 3.71. The van der Waals surface area contributed by atoms with Crippen LogP contribution in [0.5, 0.6) is 0 Å². The molecule has 0 spiro atoms. The minimum absolute atomic E-state index is 0.0157. The number of nitro groups is 1. The Morgan fingerprint density at radius 2 is 1.68 bits per heavy atom. The van der Waals surface area contributed by atoms with E-state index in [4.69, 9.17) is 16.7 Å². The molecule has 1 fully saturated rings. The largest absolute Gasteiger partial charge is 0.368 e. The van der Waals surface area contributed by atoms with Crippen LogP contribution >= 0.6 is 11.6 Å². The Bertz CT molecular complexity index is 1020. The maximum atomic E-state index is 12.8. The number of hydrogen-bond acceptors (Lipinski definition) is 6. The summed E-state index contributed by atoms with van der Waals surface area (Å²) >= 11 is 6.08. The number of sulfonamides is 1. The second kappa shape index (κ2) is 7.74. The van der Waals surface area contributed by atoms with Gasteiger partial charge in [-0.15, -0.1) is 0 Å². The van der Waals surface area contributed by atoms with Crippen molar-refractivity contribution in [2.24, 2.45) is 5.14 Å². The van der Waals surface area contributed by atoms with E-state index in [2.05, 4.69) is 0 Å². The summed E-state index contributed by atoms with van der Waals surface area (Å²) in [6, 6.07) is 9.98. The first-order valence-corrected chi connectivity index (χ1v) is 10.2. The number of anilines is 1. The van der Waals surface area contributed by atoms with Gasteiger partial charge < -0.3 is 9.80 Å². The molecule has 2 aromatic rings. The van der Waals surface area contributed by atoms with Crippen LogP contribution in [0.4, 0.5) is 11.4 Å². The molecule has 9 nitrogen and oxygen atoms in total. The summed E-state index contributed by atoms with van der Waals surface area (Å²) in [6.07, 6.45) is 0. The van der Waals surface area contributed by atoms with Crippen LogP contribution in [0.2, 0.25) is 5.02 Å². The van der Waals surface area contributed by atoms with E-state index in [1.165, 1.54) is 30.3 Å². The molecule has 148 valence electrons. The highest BCUT2D eigenvalue weighted by Crippen LogP contribution is 2.24. The maximum absolute atomic E-state index is 12.8. The molecule has 0 saturated carbocycles. The first-order chi connectivity index (χ1) is 13.2. The zero-order valence-corrected chi connectivity index (χ0v) is 16.2. The summed E-state index contributed by atoms with van der Waals surface area (Å²) in [4.78, 5) is 26.5. The van der Waals surface area contributed by atoms with Gasteiger partial charge in [0.25, 0.3) is 11.6 Å². The van der Waals surface area contributed by atoms with E-state index in [0.29, 0.717) is 26.2 Å². The normalized spacial score (nSPS) is 14.8. The van der Waals surface area contributed by atoms with Crippen LogP contribution in [0.3, 0.4) is 0 Å². The smallest absolute Gasteiger partial charge is 0.269 e. The number of carbonyl (C=O) groups is 1. The monoisotopic (exact) mass is 424 g/mol. The van der Waals surface area contributed by atoms with E-state index in [-0.39, 0.29) is 27.1 Å². The maximum Gasteiger partial charge on any atom is 0.269 e. The number of benzene rings is 2. The Kier molecular flexibility index (Phi) is 5.54. The van der Waals surface area contributed by atoms with Gasteiger partial charge in [-0.2, -0.15) is 0 Å². The lowest BCUT2D eigenvalue weighted by molar-refractivity contribution is -0.384. The quantitative estimate of drug-likeness (QED) is 0.589. The van der Waals surface area contributed by atoms with E-state index in [1.807, 2.05) is 4.90 Å². The Morgan fingerprint density at radius 1 is 1.07 bits per heavy atom. The summed E-state index contributed by atoms with van der Waals surface area (Å²) in [7, 11) is -3.95. The lowest BCUT2D eigenvalue weighted by Crippen LogP contribution is -2.48. The van der Waals surface area contributed by atoms with Crippen molar-refractivity contribution in [3.63, 3.8) is 0 Å². The number of hydrogen-bond donors (Lipinski definition) is 1. The van der Waals surface area contributed by atoms with Gasteiger partial charge in [0.1, 0.15) is 0 Å². The predicted octanol–water partition coefficient (Wildman–Crippen LogP) is 1.86. The Morgan fingerprint density at radius 3 is 2.21 bits per heavy atom. The predicted molar refractivity (Wildman–Crippen MR) is 104 cm³/mol. The van der Waals surface area contributed by atoms with E-state index < -0.39 is 14.9 Å². The molecule has 11 heteroatoms. The SMILES string of the molecule is NS(=O)(=O)c1ccc(Cl)c(C(=O)N2CCN(c3ccc([N+](=O)[O-])cc3)CC2)c1. The van der Waals surface area contributed by atoms with Gasteiger partial charge in [0.05, 0.1) is 20.4 Å². The average molecular weight is 425 g/mol. The Labute approximate surface area is 166 Å². The molecule has 0 unspecified atom stereocenters. The van der Waals surface area contributed by atoms with Gasteiger partial charge in [-0.1, -0.05) is 11.6 Å². The van der Waals surface area contributed by atoms with Crippen molar-refractivity contribution < 1.29 is 18.1 Å². The van der Waals surface area contributed by atoms with Crippen LogP contribution < -0.4 is 10.0 Å². The highest BCUT2D eigenvalue weighted by atomic mass is 35.5. The van der Waals surface area contributed by atoms with Crippen molar-refractivity contribution >= 4 is 38.9 Å². The molecule has 1 aliphatic heterocycles. The third-order valence-electron chi connectivity index (χ3n) is 4.49. The molecule has 3 rings (SSSR count). The van der Waals surface area contributed by atoms with Crippen LogP contribution in [-0.4, -0.2) is 50.3 Å². The first-order valence-electron chi connectivity index (χ1n) is 8.28. The number of amides is 1. The number of nitrogens with zero attached hydrogens (tertiary/aromatic N) is 3. The molecule has 1 amide bonds. The molecule has 1 saturated heterocycles. The molecule has 0 atom stereocenters. The number of piperazine rings is 1. The summed E-state index contributed by atoms with van der Waals surface area (Å²) in [6.45, 7) is 1.84. The highest BCUT2D eigenvalue weighted by Gasteiger charge is 2.25. The number of non-ortho nitro benzene ring substituents is 1. The molecule has 2 N–H and O–H groups in total. The fraction of sp³-hybridized carbons (Fsp3) is 0.235. The van der Waals surface area contributed by atoms with E-state index >= 15 is 0 Å². The average Bonchev–Trinajstić information content (AvgIpc) is 2.67. The van der Waals surface area contributed by atoms with Gasteiger partial charge in [0.2, 0.25) is 10.0 Å². The molecule has 0 aromatic heterocycles. The first kappa shape index (κ1) is 20.1. The molecule has 2 aromatic carbocycles. The molecule has 0 radical (unpaired) electrons. The zero-order valence-electron chi connectivity index (χ0n) is 14.6. The van der Waals surface area contributed by atoms with Crippen LogP contribution in [0.25, 0.3) is 0 Å². The number of halogens is 1. The molecular formula is C17H17ClN4O5S. The number of nitrogens with two attached hydrogens (primary N) is 1. The van der Waals surface area contributed by atoms with Gasteiger partial charge in [-0.3, -0.25) is 14.9 Å². The Balaban J connectivity index is 1.71. The summed E-state index contributed by atoms with van der Waals surface area (Å²) in [5, 5.41) is 16.0. The van der Waals surface area contributed by atoms with E-state index in [9.17, 15) is 23.3 Å². The number of primary sulfonamides is 1. The van der Waals surface area contributed by atoms with Crippen molar-refractivity contribution in [3.05, 3.63) is 63.2 Å². The van der Waals surface area contributed by atoms with Crippen LogP contribution in [-0.2, 0) is 10.0 Å². The second-order valence-corrected chi connectivity index (χ2v) is 8.21. The minimum atomic E-state index is -3.95. The van der Waals surface area contributed by atoms with Crippen molar-refractivity contribution in [2.75, 3.05) is 31.1 Å². The fourth-order valence-electron chi connectivity index (χ4n) is 2.97. The molecule has 28 heavy (non-hydrogen) atoms. The molecule has 1 aliphatic rings. The topological polar surface area (TPSA) is 127 Å². The van der Waals surface area contributed by atoms with Crippen molar-refractivity contribution in [1.82, 2.24) is 4.90 Å². The summed E-state index contributed by atoms with van der Waals surface area (Å²) in [5.74, 6) is -0.376. The van der Waals surface area contributed by atoms with Gasteiger partial charge in [-0.05, 0) is 30.3 Å². The summed E-state index contributed by atoms with van der Waals surface area (Å²) < 4.78 is 23.0. The highest BCUT2D eigenvalue weighted by molar-refractivity contribution is 7.89. The molecular weight excluding hydrogens is 408 g/mol. The van der Waals surface area contributed by atoms with Crippen LogP contribution in [0.15, 0.2) is 47.4 Å². The lowest BCUT2D eigenvalue weighted by atomic mass is 10.1. The van der Waals surface area contributed by atoms with E-state index in [0.717, 1.165) is 5.69 Å². The van der Waals surface area contributed by atoms with Crippen molar-refractivity contribution in [1.29, 1.82) is 0 Å². The molecule has 0 bridgehead atoms. The van der Waals surface area contributed by atoms with Crippen LogP contribution in [0.1, 0.15) is 10.4 Å². The molecule has 1 heterocycles. The molecule has 0 aliphatic carbocycles. The van der Waals surface area contributed by atoms with E-state index in [1.54, 1.807) is 17.0 Å². The number of carbonyl (C=O) groups excluding carboxylic acids is 1.